The predicted molar refractivity (Wildman–Crippen MR) is 144 cm³/mol. The van der Waals surface area contributed by atoms with Crippen molar-refractivity contribution in [2.75, 3.05) is 12.4 Å². The number of nitrogens with zero attached hydrogens (tertiary/aromatic N) is 2. The number of carbonyl (C=O) groups is 1. The maximum atomic E-state index is 14.1. The lowest BCUT2D eigenvalue weighted by Gasteiger charge is -2.29. The van der Waals surface area contributed by atoms with Gasteiger partial charge in [-0.2, -0.15) is 13.2 Å². The van der Waals surface area contributed by atoms with Crippen LogP contribution in [0.2, 0.25) is 0 Å². The molecular formula is C29H24F3N3O2S. The number of rotatable bonds is 6. The van der Waals surface area contributed by atoms with Gasteiger partial charge in [-0.05, 0) is 36.2 Å². The highest BCUT2D eigenvalue weighted by Gasteiger charge is 2.47. The average molecular weight is 536 g/mol. The highest BCUT2D eigenvalue weighted by atomic mass is 32.2. The molecule has 1 aliphatic rings. The predicted octanol–water partition coefficient (Wildman–Crippen LogP) is 7.34. The highest BCUT2D eigenvalue weighted by Crippen LogP contribution is 2.44. The zero-order valence-electron chi connectivity index (χ0n) is 20.6. The Labute approximate surface area is 223 Å². The molecule has 3 aromatic carbocycles. The number of amides is 1. The molecule has 3 aromatic rings. The van der Waals surface area contributed by atoms with Crippen molar-refractivity contribution in [3.05, 3.63) is 118 Å². The maximum Gasteiger partial charge on any atom is 0.416 e. The molecule has 194 valence electrons. The van der Waals surface area contributed by atoms with Crippen LogP contribution in [-0.2, 0) is 16.7 Å². The van der Waals surface area contributed by atoms with E-state index in [1.54, 1.807) is 31.2 Å². The number of ether oxygens (including phenoxy) is 1. The topological polar surface area (TPSA) is 55.0 Å². The van der Waals surface area contributed by atoms with Crippen molar-refractivity contribution in [1.29, 1.82) is 0 Å². The lowest BCUT2D eigenvalue weighted by atomic mass is 9.80. The second-order valence-corrected chi connectivity index (χ2v) is 9.51. The van der Waals surface area contributed by atoms with Crippen LogP contribution >= 0.6 is 11.8 Å². The minimum atomic E-state index is -4.67. The Bertz CT molecular complexity index is 1430. The molecular weight excluding hydrogens is 511 g/mol. The minimum absolute atomic E-state index is 0.0117. The van der Waals surface area contributed by atoms with Crippen LogP contribution in [0.3, 0.4) is 0 Å². The molecule has 9 heteroatoms. The Morgan fingerprint density at radius 1 is 1.05 bits per heavy atom. The van der Waals surface area contributed by atoms with Gasteiger partial charge >= 0.3 is 6.18 Å². The molecule has 4 rings (SSSR count). The molecule has 2 unspecified atom stereocenters. The van der Waals surface area contributed by atoms with Crippen molar-refractivity contribution in [2.24, 2.45) is 4.99 Å². The van der Waals surface area contributed by atoms with Crippen LogP contribution in [-0.4, -0.2) is 24.1 Å². The molecule has 0 aromatic heterocycles. The number of halogens is 3. The Balaban J connectivity index is 1.82. The van der Waals surface area contributed by atoms with Gasteiger partial charge in [0.15, 0.2) is 5.04 Å². The number of alkyl halides is 3. The number of benzene rings is 3. The first-order valence-corrected chi connectivity index (χ1v) is 12.7. The second kappa shape index (κ2) is 11.6. The number of nitrogens with one attached hydrogen (secondary N) is 1. The summed E-state index contributed by atoms with van der Waals surface area (Å²) in [4.78, 5) is 22.0. The Hall–Kier alpha value is -4.03. The number of carbonyl (C=O) groups excluding carboxylic acids is 1. The molecule has 1 N–H and O–H groups in total. The molecule has 0 fully saturated rings. The minimum Gasteiger partial charge on any atom is -0.495 e. The summed E-state index contributed by atoms with van der Waals surface area (Å²) in [6, 6.07) is 20.2. The van der Waals surface area contributed by atoms with Crippen LogP contribution in [0.1, 0.15) is 29.5 Å². The lowest BCUT2D eigenvalue weighted by molar-refractivity contribution is -0.138. The fourth-order valence-electron chi connectivity index (χ4n) is 4.39. The third-order valence-electron chi connectivity index (χ3n) is 6.12. The normalized spacial score (nSPS) is 17.4. The first kappa shape index (κ1) is 27.0. The molecule has 0 bridgehead atoms. The van der Waals surface area contributed by atoms with E-state index in [0.29, 0.717) is 22.2 Å². The van der Waals surface area contributed by atoms with Gasteiger partial charge in [0, 0.05) is 11.4 Å². The number of para-hydroxylation sites is 2. The molecule has 38 heavy (non-hydrogen) atoms. The van der Waals surface area contributed by atoms with Crippen molar-refractivity contribution < 1.29 is 22.7 Å². The third kappa shape index (κ3) is 5.76. The largest absolute Gasteiger partial charge is 0.495 e. The number of anilines is 1. The number of aliphatic imine (C=N–C) groups is 1. The quantitative estimate of drug-likeness (QED) is 0.336. The van der Waals surface area contributed by atoms with E-state index in [4.69, 9.17) is 11.3 Å². The van der Waals surface area contributed by atoms with Crippen molar-refractivity contribution in [2.45, 2.75) is 30.8 Å². The van der Waals surface area contributed by atoms with Gasteiger partial charge in [-0.25, -0.2) is 11.6 Å². The van der Waals surface area contributed by atoms with Crippen LogP contribution < -0.4 is 10.1 Å². The molecule has 0 saturated heterocycles. The van der Waals surface area contributed by atoms with Crippen molar-refractivity contribution >= 4 is 28.4 Å². The zero-order valence-corrected chi connectivity index (χ0v) is 21.4. The molecule has 1 heterocycles. The Morgan fingerprint density at radius 3 is 2.39 bits per heavy atom. The van der Waals surface area contributed by atoms with Crippen LogP contribution in [0.5, 0.6) is 5.75 Å². The van der Waals surface area contributed by atoms with Gasteiger partial charge in [0.1, 0.15) is 5.75 Å². The number of hydrogen-bond acceptors (Lipinski definition) is 4. The standard InChI is InChI=1S/C29H24F3N3O2S/c1-18-24(27(36)35-22-15-9-10-16-23(22)37-3)25(20-13-7-8-14-21(20)29(30,31)32)26(33-2)28(34-18)38-17-19-11-5-4-6-12-19/h4-16,25-26H,17H2,1,3H3,(H,35,36). The number of hydrogen-bond donors (Lipinski definition) is 1. The van der Waals surface area contributed by atoms with E-state index < -0.39 is 29.6 Å². The molecule has 2 atom stereocenters. The smallest absolute Gasteiger partial charge is 0.416 e. The van der Waals surface area contributed by atoms with E-state index in [0.717, 1.165) is 11.6 Å². The van der Waals surface area contributed by atoms with E-state index in [1.807, 2.05) is 30.3 Å². The first-order valence-electron chi connectivity index (χ1n) is 11.7. The zero-order chi connectivity index (χ0) is 27.3. The summed E-state index contributed by atoms with van der Waals surface area (Å²) in [7, 11) is 1.45. The van der Waals surface area contributed by atoms with Crippen molar-refractivity contribution in [3.8, 4) is 5.75 Å². The number of allylic oxidation sites excluding steroid dienone is 1. The van der Waals surface area contributed by atoms with Crippen LogP contribution in [0.4, 0.5) is 18.9 Å². The summed E-state index contributed by atoms with van der Waals surface area (Å²) < 4.78 is 47.7. The Morgan fingerprint density at radius 2 is 1.71 bits per heavy atom. The van der Waals surface area contributed by atoms with Crippen LogP contribution in [0.25, 0.3) is 4.85 Å². The summed E-state index contributed by atoms with van der Waals surface area (Å²) in [6.07, 6.45) is -4.67. The second-order valence-electron chi connectivity index (χ2n) is 8.51. The van der Waals surface area contributed by atoms with E-state index in [2.05, 4.69) is 15.2 Å². The summed E-state index contributed by atoms with van der Waals surface area (Å²) in [6.45, 7) is 9.56. The van der Waals surface area contributed by atoms with Gasteiger partial charge < -0.3 is 14.9 Å². The molecule has 1 aliphatic heterocycles. The van der Waals surface area contributed by atoms with Gasteiger partial charge in [-0.1, -0.05) is 72.4 Å². The summed E-state index contributed by atoms with van der Waals surface area (Å²) >= 11 is 1.29. The van der Waals surface area contributed by atoms with Crippen molar-refractivity contribution in [3.63, 3.8) is 0 Å². The van der Waals surface area contributed by atoms with Gasteiger partial charge in [0.2, 0.25) is 0 Å². The van der Waals surface area contributed by atoms with Gasteiger partial charge in [-0.15, -0.1) is 0 Å². The lowest BCUT2D eigenvalue weighted by Crippen LogP contribution is -2.35. The summed E-state index contributed by atoms with van der Waals surface area (Å²) in [5, 5.41) is 3.13. The third-order valence-corrected chi connectivity index (χ3v) is 7.22. The first-order chi connectivity index (χ1) is 18.2. The van der Waals surface area contributed by atoms with E-state index in [1.165, 1.54) is 37.1 Å². The summed E-state index contributed by atoms with van der Waals surface area (Å²) in [5.41, 5.74) is 0.586. The number of methoxy groups -OCH3 is 1. The Kier molecular flexibility index (Phi) is 8.23. The average Bonchev–Trinajstić information content (AvgIpc) is 2.91. The number of thioether (sulfide) groups is 1. The van der Waals surface area contributed by atoms with Gasteiger partial charge in [0.25, 0.3) is 11.9 Å². The molecule has 0 spiro atoms. The van der Waals surface area contributed by atoms with Crippen LogP contribution in [0, 0.1) is 6.57 Å². The fourth-order valence-corrected chi connectivity index (χ4v) is 5.46. The fraction of sp³-hybridized carbons (Fsp3) is 0.207. The SMILES string of the molecule is [C-]#[N+]C1C(SCc2ccccc2)=NC(C)=C(C(=O)Nc2ccccc2OC)C1c1ccccc1C(F)(F)F. The van der Waals surface area contributed by atoms with Crippen LogP contribution in [0.15, 0.2) is 95.1 Å². The van der Waals surface area contributed by atoms with E-state index in [-0.39, 0.29) is 16.8 Å². The summed E-state index contributed by atoms with van der Waals surface area (Å²) in [5.74, 6) is -0.948. The molecule has 0 radical (unpaired) electrons. The molecule has 5 nitrogen and oxygen atoms in total. The van der Waals surface area contributed by atoms with E-state index in [9.17, 15) is 18.0 Å². The maximum absolute atomic E-state index is 14.1. The molecule has 0 aliphatic carbocycles. The van der Waals surface area contributed by atoms with Crippen molar-refractivity contribution in [1.82, 2.24) is 0 Å². The van der Waals surface area contributed by atoms with E-state index >= 15 is 0 Å². The molecule has 1 amide bonds. The van der Waals surface area contributed by atoms with Gasteiger partial charge in [0.05, 0.1) is 29.9 Å². The highest BCUT2D eigenvalue weighted by molar-refractivity contribution is 8.13. The molecule has 0 saturated carbocycles. The van der Waals surface area contributed by atoms with Gasteiger partial charge in [-0.3, -0.25) is 4.79 Å². The monoisotopic (exact) mass is 535 g/mol.